The van der Waals surface area contributed by atoms with Crippen molar-refractivity contribution in [3.63, 3.8) is 0 Å². The zero-order valence-electron chi connectivity index (χ0n) is 19.0. The number of sulfonamides is 1. The van der Waals surface area contributed by atoms with Crippen molar-refractivity contribution >= 4 is 27.5 Å². The van der Waals surface area contributed by atoms with Crippen LogP contribution in [0.15, 0.2) is 53.4 Å². The molecule has 3 saturated heterocycles. The van der Waals surface area contributed by atoms with Crippen molar-refractivity contribution in [2.45, 2.75) is 48.6 Å². The highest BCUT2D eigenvalue weighted by molar-refractivity contribution is 7.89. The largest absolute Gasteiger partial charge is 0.417 e. The maximum Gasteiger partial charge on any atom is 0.417 e. The summed E-state index contributed by atoms with van der Waals surface area (Å²) in [5.74, 6) is -3.62. The van der Waals surface area contributed by atoms with E-state index in [1.165, 1.54) is 25.1 Å². The first kappa shape index (κ1) is 24.4. The maximum atomic E-state index is 13.5. The molecule has 0 spiro atoms. The second kappa shape index (κ2) is 7.61. The first-order chi connectivity index (χ1) is 16.7. The van der Waals surface area contributed by atoms with Crippen molar-refractivity contribution < 1.29 is 35.9 Å². The minimum absolute atomic E-state index is 0.0193. The number of anilines is 1. The average Bonchev–Trinajstić information content (AvgIpc) is 3.33. The Morgan fingerprint density at radius 1 is 1.08 bits per heavy atom. The van der Waals surface area contributed by atoms with Gasteiger partial charge in [-0.25, -0.2) is 18.0 Å². The predicted octanol–water partition coefficient (Wildman–Crippen LogP) is 2.98. The van der Waals surface area contributed by atoms with E-state index in [-0.39, 0.29) is 17.0 Å². The summed E-state index contributed by atoms with van der Waals surface area (Å²) in [7, 11) is -3.98. The second-order valence-electron chi connectivity index (χ2n) is 9.60. The van der Waals surface area contributed by atoms with Crippen LogP contribution >= 0.6 is 0 Å². The lowest BCUT2D eigenvalue weighted by atomic mass is 9.67. The van der Waals surface area contributed by atoms with Gasteiger partial charge >= 0.3 is 6.18 Å². The molecule has 12 heteroatoms. The molecule has 2 aromatic carbocycles. The van der Waals surface area contributed by atoms with E-state index in [1.807, 2.05) is 0 Å². The van der Waals surface area contributed by atoms with Gasteiger partial charge in [0.25, 0.3) is 0 Å². The van der Waals surface area contributed by atoms with Gasteiger partial charge in [0.05, 0.1) is 56.9 Å². The Morgan fingerprint density at radius 2 is 1.72 bits per heavy atom. The molecular weight excluding hydrogens is 499 g/mol. The Kier molecular flexibility index (Phi) is 5.17. The van der Waals surface area contributed by atoms with Crippen LogP contribution in [-0.2, 0) is 30.5 Å². The summed E-state index contributed by atoms with van der Waals surface area (Å²) in [4.78, 5) is 27.6. The van der Waals surface area contributed by atoms with E-state index in [0.717, 1.165) is 12.1 Å². The quantitative estimate of drug-likeness (QED) is 0.621. The summed E-state index contributed by atoms with van der Waals surface area (Å²) in [5.41, 5.74) is -4.83. The van der Waals surface area contributed by atoms with E-state index >= 15 is 0 Å². The Labute approximate surface area is 204 Å². The van der Waals surface area contributed by atoms with Gasteiger partial charge in [-0.1, -0.05) is 18.2 Å². The number of ether oxygens (including phenoxy) is 1. The van der Waals surface area contributed by atoms with Gasteiger partial charge in [-0.05, 0) is 50.6 Å². The molecule has 2 bridgehead atoms. The van der Waals surface area contributed by atoms with Gasteiger partial charge in [0.2, 0.25) is 21.8 Å². The van der Waals surface area contributed by atoms with Gasteiger partial charge in [-0.2, -0.15) is 18.4 Å². The van der Waals surface area contributed by atoms with Crippen molar-refractivity contribution in [2.75, 3.05) is 4.90 Å². The lowest BCUT2D eigenvalue weighted by molar-refractivity contribution is -0.138. The fourth-order valence-corrected chi connectivity index (χ4v) is 7.17. The zero-order chi connectivity index (χ0) is 26.3. The number of imide groups is 1. The van der Waals surface area contributed by atoms with Crippen molar-refractivity contribution in [3.05, 3.63) is 59.7 Å². The van der Waals surface area contributed by atoms with Gasteiger partial charge in [0.1, 0.15) is 0 Å². The van der Waals surface area contributed by atoms with Gasteiger partial charge in [-0.3, -0.25) is 9.59 Å². The van der Waals surface area contributed by atoms with Gasteiger partial charge in [-0.15, -0.1) is 0 Å². The van der Waals surface area contributed by atoms with E-state index < -0.39 is 68.2 Å². The monoisotopic (exact) mass is 519 g/mol. The number of benzene rings is 2. The number of nitrogens with zero attached hydrogens (tertiary/aromatic N) is 2. The number of fused-ring (bicyclic) bond motifs is 5. The van der Waals surface area contributed by atoms with Crippen LogP contribution in [0, 0.1) is 23.2 Å². The smallest absolute Gasteiger partial charge is 0.366 e. The molecule has 0 unspecified atom stereocenters. The van der Waals surface area contributed by atoms with E-state index in [1.54, 1.807) is 25.1 Å². The highest BCUT2D eigenvalue weighted by Crippen LogP contribution is 2.61. The maximum absolute atomic E-state index is 13.5. The summed E-state index contributed by atoms with van der Waals surface area (Å²) >= 11 is 0. The number of hydrogen-bond donors (Lipinski definition) is 1. The number of alkyl halides is 3. The molecule has 5 rings (SSSR count). The highest BCUT2D eigenvalue weighted by atomic mass is 32.2. The number of hydrogen-bond acceptors (Lipinski definition) is 6. The van der Waals surface area contributed by atoms with Crippen LogP contribution in [0.2, 0.25) is 0 Å². The van der Waals surface area contributed by atoms with E-state index in [2.05, 4.69) is 4.72 Å². The molecule has 3 aliphatic heterocycles. The fraction of sp³-hybridized carbons (Fsp3) is 0.375. The number of nitrogens with one attached hydrogen (secondary N) is 1. The number of carbonyl (C=O) groups is 2. The van der Waals surface area contributed by atoms with Gasteiger partial charge in [0.15, 0.2) is 0 Å². The predicted molar refractivity (Wildman–Crippen MR) is 119 cm³/mol. The normalized spacial score (nSPS) is 31.6. The molecule has 0 radical (unpaired) electrons. The summed E-state index contributed by atoms with van der Waals surface area (Å²) in [5, 5.41) is 9.05. The fourth-order valence-electron chi connectivity index (χ4n) is 5.83. The first-order valence-corrected chi connectivity index (χ1v) is 12.5. The standard InChI is InChI=1S/C24H20F3N3O5S/c1-22-11-17(29-36(33,34)15-6-4-3-5-7-15)23(2,35-22)19-18(22)20(31)30(21(19)32)14-9-8-13(12-28)16(10-14)24(25,26)27/h3-10,17-19,29H,11H2,1-2H3/t17-,18-,19+,22-,23+/m0/s1. The lowest BCUT2D eigenvalue weighted by Crippen LogP contribution is -2.56. The summed E-state index contributed by atoms with van der Waals surface area (Å²) in [6.45, 7) is 3.14. The highest BCUT2D eigenvalue weighted by Gasteiger charge is 2.76. The third-order valence-electron chi connectivity index (χ3n) is 7.37. The van der Waals surface area contributed by atoms with Crippen LogP contribution in [0.4, 0.5) is 18.9 Å². The molecule has 3 aliphatic rings. The van der Waals surface area contributed by atoms with Crippen LogP contribution in [0.5, 0.6) is 0 Å². The molecule has 8 nitrogen and oxygen atoms in total. The molecule has 1 N–H and O–H groups in total. The number of rotatable bonds is 4. The zero-order valence-corrected chi connectivity index (χ0v) is 19.9. The Bertz CT molecular complexity index is 1440. The second-order valence-corrected chi connectivity index (χ2v) is 11.3. The van der Waals surface area contributed by atoms with Crippen molar-refractivity contribution in [1.82, 2.24) is 4.72 Å². The van der Waals surface area contributed by atoms with Crippen molar-refractivity contribution in [1.29, 1.82) is 5.26 Å². The molecule has 36 heavy (non-hydrogen) atoms. The molecular formula is C24H20F3N3O5S. The van der Waals surface area contributed by atoms with Gasteiger partial charge < -0.3 is 4.74 Å². The van der Waals surface area contributed by atoms with Crippen LogP contribution in [0.3, 0.4) is 0 Å². The Morgan fingerprint density at radius 3 is 2.33 bits per heavy atom. The summed E-state index contributed by atoms with van der Waals surface area (Å²) in [6.07, 6.45) is -4.78. The molecule has 0 saturated carbocycles. The Hall–Kier alpha value is -3.27. The SMILES string of the molecule is C[C@@]12O[C@@](C)(C[C@@H]1NS(=O)(=O)c1ccccc1)[C@@H]1C(=O)N(c3ccc(C#N)c(C(F)(F)F)c3)C(=O)[C@@H]12. The van der Waals surface area contributed by atoms with Crippen LogP contribution < -0.4 is 9.62 Å². The molecule has 0 aromatic heterocycles. The minimum atomic E-state index is -4.87. The molecule has 5 atom stereocenters. The third kappa shape index (κ3) is 3.37. The van der Waals surface area contributed by atoms with Crippen molar-refractivity contribution in [3.8, 4) is 6.07 Å². The van der Waals surface area contributed by atoms with E-state index in [4.69, 9.17) is 10.00 Å². The Balaban J connectivity index is 1.51. The number of carbonyl (C=O) groups excluding carboxylic acids is 2. The molecule has 3 fully saturated rings. The molecule has 2 aromatic rings. The van der Waals surface area contributed by atoms with Gasteiger partial charge in [0, 0.05) is 0 Å². The summed E-state index contributed by atoms with van der Waals surface area (Å²) < 4.78 is 75.2. The third-order valence-corrected chi connectivity index (χ3v) is 8.86. The topological polar surface area (TPSA) is 117 Å². The molecule has 0 aliphatic carbocycles. The minimum Gasteiger partial charge on any atom is -0.366 e. The van der Waals surface area contributed by atoms with E-state index in [0.29, 0.717) is 11.0 Å². The number of nitriles is 1. The van der Waals surface area contributed by atoms with Crippen LogP contribution in [-0.4, -0.2) is 37.5 Å². The van der Waals surface area contributed by atoms with Crippen LogP contribution in [0.1, 0.15) is 31.4 Å². The molecule has 188 valence electrons. The first-order valence-electron chi connectivity index (χ1n) is 11.0. The number of amides is 2. The average molecular weight is 520 g/mol. The molecule has 3 heterocycles. The van der Waals surface area contributed by atoms with Crippen LogP contribution in [0.25, 0.3) is 0 Å². The lowest BCUT2D eigenvalue weighted by Gasteiger charge is -2.35. The van der Waals surface area contributed by atoms with Crippen molar-refractivity contribution in [2.24, 2.45) is 11.8 Å². The summed E-state index contributed by atoms with van der Waals surface area (Å²) in [6, 6.07) is 10.9. The molecule has 2 amide bonds. The van der Waals surface area contributed by atoms with E-state index in [9.17, 15) is 31.2 Å². The number of halogens is 3.